The minimum Gasteiger partial charge on any atom is -0.493 e. The normalized spacial score (nSPS) is 11.1. The van der Waals surface area contributed by atoms with Gasteiger partial charge in [0.05, 0.1) is 19.9 Å². The van der Waals surface area contributed by atoms with Crippen LogP contribution in [0.4, 0.5) is 0 Å². The SMILES string of the molecule is CCOc1c(/C=N\n2c(CC)nnc2SC)cccc1OC. The third-order valence-electron chi connectivity index (χ3n) is 3.01. The lowest BCUT2D eigenvalue weighted by Gasteiger charge is -2.11. The molecule has 7 heteroatoms. The molecule has 0 radical (unpaired) electrons. The molecule has 2 rings (SSSR count). The predicted molar refractivity (Wildman–Crippen MR) is 88.3 cm³/mol. The van der Waals surface area contributed by atoms with E-state index in [0.717, 1.165) is 23.0 Å². The maximum absolute atomic E-state index is 5.68. The quantitative estimate of drug-likeness (QED) is 0.580. The standard InChI is InChI=1S/C15H20N4O2S/c1-5-13-17-18-15(22-4)19(13)16-10-11-8-7-9-12(20-3)14(11)21-6-2/h7-10H,5-6H2,1-4H3/b16-10-. The lowest BCUT2D eigenvalue weighted by Crippen LogP contribution is -2.02. The first kappa shape index (κ1) is 16.4. The Kier molecular flexibility index (Phi) is 5.83. The summed E-state index contributed by atoms with van der Waals surface area (Å²) < 4.78 is 12.8. The molecule has 0 spiro atoms. The smallest absolute Gasteiger partial charge is 0.211 e. The van der Waals surface area contributed by atoms with E-state index >= 15 is 0 Å². The van der Waals surface area contributed by atoms with Gasteiger partial charge in [-0.3, -0.25) is 0 Å². The van der Waals surface area contributed by atoms with Gasteiger partial charge >= 0.3 is 0 Å². The van der Waals surface area contributed by atoms with Gasteiger partial charge in [-0.25, -0.2) is 0 Å². The summed E-state index contributed by atoms with van der Waals surface area (Å²) in [6, 6.07) is 5.71. The van der Waals surface area contributed by atoms with Crippen LogP contribution in [0.3, 0.4) is 0 Å². The van der Waals surface area contributed by atoms with Crippen LogP contribution in [-0.2, 0) is 6.42 Å². The van der Waals surface area contributed by atoms with Gasteiger partial charge in [0.25, 0.3) is 0 Å². The van der Waals surface area contributed by atoms with E-state index in [1.165, 1.54) is 11.8 Å². The van der Waals surface area contributed by atoms with E-state index in [4.69, 9.17) is 9.47 Å². The largest absolute Gasteiger partial charge is 0.493 e. The molecule has 2 aromatic rings. The average molecular weight is 320 g/mol. The molecule has 1 aromatic heterocycles. The summed E-state index contributed by atoms with van der Waals surface area (Å²) in [5.41, 5.74) is 0.851. The second-order valence-electron chi connectivity index (χ2n) is 4.32. The van der Waals surface area contributed by atoms with E-state index in [1.54, 1.807) is 18.0 Å². The van der Waals surface area contributed by atoms with Crippen molar-refractivity contribution in [3.8, 4) is 11.5 Å². The second kappa shape index (κ2) is 7.84. The van der Waals surface area contributed by atoms with Crippen LogP contribution < -0.4 is 9.47 Å². The highest BCUT2D eigenvalue weighted by Gasteiger charge is 2.11. The van der Waals surface area contributed by atoms with Gasteiger partial charge in [0, 0.05) is 12.0 Å². The lowest BCUT2D eigenvalue weighted by atomic mass is 10.2. The fourth-order valence-electron chi connectivity index (χ4n) is 1.97. The van der Waals surface area contributed by atoms with Crippen molar-refractivity contribution in [2.75, 3.05) is 20.0 Å². The summed E-state index contributed by atoms with van der Waals surface area (Å²) in [4.78, 5) is 0. The van der Waals surface area contributed by atoms with Gasteiger partial charge in [0.1, 0.15) is 0 Å². The van der Waals surface area contributed by atoms with Crippen molar-refractivity contribution in [1.29, 1.82) is 0 Å². The van der Waals surface area contributed by atoms with Gasteiger partial charge < -0.3 is 9.47 Å². The van der Waals surface area contributed by atoms with Gasteiger partial charge in [-0.1, -0.05) is 24.8 Å². The first-order valence-corrected chi connectivity index (χ1v) is 8.30. The number of nitrogens with zero attached hydrogens (tertiary/aromatic N) is 4. The van der Waals surface area contributed by atoms with E-state index < -0.39 is 0 Å². The molecule has 1 heterocycles. The molecule has 0 atom stereocenters. The molecule has 0 fully saturated rings. The molecule has 0 amide bonds. The first-order valence-electron chi connectivity index (χ1n) is 7.07. The highest BCUT2D eigenvalue weighted by molar-refractivity contribution is 7.98. The fraction of sp³-hybridized carbons (Fsp3) is 0.400. The zero-order chi connectivity index (χ0) is 15.9. The Bertz CT molecular complexity index is 633. The van der Waals surface area contributed by atoms with Crippen LogP contribution in [0.25, 0.3) is 0 Å². The summed E-state index contributed by atoms with van der Waals surface area (Å²) in [6.07, 6.45) is 4.46. The molecule has 0 aliphatic rings. The van der Waals surface area contributed by atoms with Crippen LogP contribution >= 0.6 is 11.8 Å². The molecule has 0 saturated carbocycles. The summed E-state index contributed by atoms with van der Waals surface area (Å²) >= 11 is 1.51. The number of para-hydroxylation sites is 1. The number of rotatable bonds is 7. The number of benzene rings is 1. The Balaban J connectivity index is 2.40. The molecule has 0 bridgehead atoms. The van der Waals surface area contributed by atoms with Crippen LogP contribution in [0.5, 0.6) is 11.5 Å². The van der Waals surface area contributed by atoms with E-state index in [1.807, 2.05) is 38.3 Å². The molecule has 22 heavy (non-hydrogen) atoms. The topological polar surface area (TPSA) is 61.5 Å². The van der Waals surface area contributed by atoms with Crippen LogP contribution in [0.15, 0.2) is 28.5 Å². The molecule has 0 N–H and O–H groups in total. The highest BCUT2D eigenvalue weighted by Crippen LogP contribution is 2.30. The third-order valence-corrected chi connectivity index (χ3v) is 3.63. The molecule has 0 aliphatic carbocycles. The Morgan fingerprint density at radius 2 is 2.14 bits per heavy atom. The minimum atomic E-state index is 0.560. The lowest BCUT2D eigenvalue weighted by molar-refractivity contribution is 0.310. The molecule has 0 saturated heterocycles. The highest BCUT2D eigenvalue weighted by atomic mass is 32.2. The summed E-state index contributed by atoms with van der Waals surface area (Å²) in [6.45, 7) is 4.52. The number of aryl methyl sites for hydroxylation is 1. The molecule has 0 aliphatic heterocycles. The Hall–Kier alpha value is -2.02. The summed E-state index contributed by atoms with van der Waals surface area (Å²) in [5, 5.41) is 13.5. The number of aromatic nitrogens is 3. The van der Waals surface area contributed by atoms with Gasteiger partial charge in [-0.15, -0.1) is 10.2 Å². The zero-order valence-electron chi connectivity index (χ0n) is 13.2. The Labute approximate surface area is 134 Å². The molecular weight excluding hydrogens is 300 g/mol. The monoisotopic (exact) mass is 320 g/mol. The first-order chi connectivity index (χ1) is 10.7. The number of ether oxygens (including phenoxy) is 2. The van der Waals surface area contributed by atoms with Crippen molar-refractivity contribution in [2.24, 2.45) is 5.10 Å². The van der Waals surface area contributed by atoms with E-state index in [2.05, 4.69) is 15.3 Å². The van der Waals surface area contributed by atoms with Gasteiger partial charge in [0.15, 0.2) is 17.3 Å². The van der Waals surface area contributed by atoms with Crippen molar-refractivity contribution in [2.45, 2.75) is 25.4 Å². The van der Waals surface area contributed by atoms with Crippen molar-refractivity contribution >= 4 is 18.0 Å². The number of hydrogen-bond donors (Lipinski definition) is 0. The van der Waals surface area contributed by atoms with Crippen LogP contribution in [-0.4, -0.2) is 41.1 Å². The van der Waals surface area contributed by atoms with Crippen LogP contribution in [0, 0.1) is 0 Å². The van der Waals surface area contributed by atoms with Crippen molar-refractivity contribution in [3.05, 3.63) is 29.6 Å². The minimum absolute atomic E-state index is 0.560. The number of thioether (sulfide) groups is 1. The maximum Gasteiger partial charge on any atom is 0.211 e. The fourth-order valence-corrected chi connectivity index (χ4v) is 2.42. The van der Waals surface area contributed by atoms with Crippen LogP contribution in [0.2, 0.25) is 0 Å². The molecular formula is C15H20N4O2S. The van der Waals surface area contributed by atoms with Crippen molar-refractivity contribution < 1.29 is 9.47 Å². The maximum atomic E-state index is 5.68. The van der Waals surface area contributed by atoms with Crippen LogP contribution in [0.1, 0.15) is 25.2 Å². The molecule has 118 valence electrons. The molecule has 1 aromatic carbocycles. The second-order valence-corrected chi connectivity index (χ2v) is 5.10. The van der Waals surface area contributed by atoms with E-state index in [9.17, 15) is 0 Å². The Morgan fingerprint density at radius 1 is 1.32 bits per heavy atom. The van der Waals surface area contributed by atoms with Crippen molar-refractivity contribution in [3.63, 3.8) is 0 Å². The number of methoxy groups -OCH3 is 1. The van der Waals surface area contributed by atoms with Gasteiger partial charge in [-0.2, -0.15) is 9.78 Å². The van der Waals surface area contributed by atoms with Gasteiger partial charge in [-0.05, 0) is 25.3 Å². The summed E-state index contributed by atoms with van der Waals surface area (Å²) in [7, 11) is 1.62. The molecule has 6 nitrogen and oxygen atoms in total. The molecule has 0 unspecified atom stereocenters. The predicted octanol–water partition coefficient (Wildman–Crippen LogP) is 2.85. The van der Waals surface area contributed by atoms with E-state index in [-0.39, 0.29) is 0 Å². The van der Waals surface area contributed by atoms with E-state index in [0.29, 0.717) is 18.1 Å². The van der Waals surface area contributed by atoms with Gasteiger partial charge in [0.2, 0.25) is 5.16 Å². The zero-order valence-corrected chi connectivity index (χ0v) is 14.1. The summed E-state index contributed by atoms with van der Waals surface area (Å²) in [5.74, 6) is 2.20. The Morgan fingerprint density at radius 3 is 2.77 bits per heavy atom. The average Bonchev–Trinajstić information content (AvgIpc) is 2.96. The number of hydrogen-bond acceptors (Lipinski definition) is 6. The third kappa shape index (κ3) is 3.41. The van der Waals surface area contributed by atoms with Crippen molar-refractivity contribution in [1.82, 2.24) is 14.9 Å².